The molecule has 0 fully saturated rings. The van der Waals surface area contributed by atoms with Crippen LogP contribution in [0.15, 0.2) is 28.7 Å². The number of hydrogen-bond acceptors (Lipinski definition) is 3. The fourth-order valence-corrected chi connectivity index (χ4v) is 1.60. The Morgan fingerprint density at radius 1 is 1.44 bits per heavy atom. The van der Waals surface area contributed by atoms with Crippen LogP contribution in [0, 0.1) is 13.8 Å². The Bertz CT molecular complexity index is 593. The summed E-state index contributed by atoms with van der Waals surface area (Å²) in [6.45, 7) is 3.73. The summed E-state index contributed by atoms with van der Waals surface area (Å²) in [5.74, 6) is 1.92. The summed E-state index contributed by atoms with van der Waals surface area (Å²) in [5.41, 5.74) is 0.860. The number of carbonyl (C=O) groups is 1. The molecule has 94 valence electrons. The average molecular weight is 245 g/mol. The number of carbonyl (C=O) groups excluding carboxylic acids is 1. The summed E-state index contributed by atoms with van der Waals surface area (Å²) in [6.07, 6.45) is 3.06. The van der Waals surface area contributed by atoms with Crippen molar-refractivity contribution in [1.82, 2.24) is 9.78 Å². The van der Waals surface area contributed by atoms with Gasteiger partial charge in [-0.05, 0) is 32.1 Å². The van der Waals surface area contributed by atoms with Crippen molar-refractivity contribution in [1.29, 1.82) is 0 Å². The van der Waals surface area contributed by atoms with Crippen LogP contribution in [-0.4, -0.2) is 15.7 Å². The zero-order valence-electron chi connectivity index (χ0n) is 10.6. The second-order valence-electron chi connectivity index (χ2n) is 4.07. The topological polar surface area (TPSA) is 60.1 Å². The molecule has 0 aromatic carbocycles. The molecule has 1 amide bonds. The third-order valence-corrected chi connectivity index (χ3v) is 2.41. The average Bonchev–Trinajstić information content (AvgIpc) is 2.83. The third kappa shape index (κ3) is 2.88. The standard InChI is InChI=1S/C13H15N3O2/c1-9-8-12(16(3)15-9)14-13(17)7-6-11-5-4-10(2)18-11/h4-8H,1-3H3,(H,14,17). The van der Waals surface area contributed by atoms with Crippen LogP contribution in [0.25, 0.3) is 6.08 Å². The van der Waals surface area contributed by atoms with Crippen molar-refractivity contribution in [3.63, 3.8) is 0 Å². The molecule has 0 bridgehead atoms. The Morgan fingerprint density at radius 2 is 2.22 bits per heavy atom. The van der Waals surface area contributed by atoms with E-state index in [0.29, 0.717) is 11.6 Å². The van der Waals surface area contributed by atoms with Crippen LogP contribution in [0.4, 0.5) is 5.82 Å². The lowest BCUT2D eigenvalue weighted by molar-refractivity contribution is -0.111. The van der Waals surface area contributed by atoms with E-state index in [0.717, 1.165) is 11.5 Å². The van der Waals surface area contributed by atoms with E-state index in [1.807, 2.05) is 32.0 Å². The molecule has 2 aromatic rings. The van der Waals surface area contributed by atoms with Crippen LogP contribution in [-0.2, 0) is 11.8 Å². The van der Waals surface area contributed by atoms with Gasteiger partial charge in [-0.3, -0.25) is 9.48 Å². The highest BCUT2D eigenvalue weighted by Crippen LogP contribution is 2.10. The first-order valence-electron chi connectivity index (χ1n) is 5.61. The van der Waals surface area contributed by atoms with Crippen LogP contribution >= 0.6 is 0 Å². The summed E-state index contributed by atoms with van der Waals surface area (Å²) >= 11 is 0. The van der Waals surface area contributed by atoms with Crippen molar-refractivity contribution in [2.45, 2.75) is 13.8 Å². The molecule has 0 radical (unpaired) electrons. The number of aromatic nitrogens is 2. The highest BCUT2D eigenvalue weighted by atomic mass is 16.3. The Balaban J connectivity index is 2.01. The Kier molecular flexibility index (Phi) is 3.32. The van der Waals surface area contributed by atoms with Gasteiger partial charge in [0.2, 0.25) is 5.91 Å². The highest BCUT2D eigenvalue weighted by molar-refractivity contribution is 6.01. The van der Waals surface area contributed by atoms with E-state index in [9.17, 15) is 4.79 Å². The van der Waals surface area contributed by atoms with Crippen LogP contribution < -0.4 is 5.32 Å². The molecule has 1 N–H and O–H groups in total. The number of hydrogen-bond donors (Lipinski definition) is 1. The SMILES string of the molecule is Cc1cc(NC(=O)C=Cc2ccc(C)o2)n(C)n1. The maximum Gasteiger partial charge on any atom is 0.249 e. The number of nitrogens with zero attached hydrogens (tertiary/aromatic N) is 2. The zero-order chi connectivity index (χ0) is 13.1. The van der Waals surface area contributed by atoms with Crippen molar-refractivity contribution in [2.75, 3.05) is 5.32 Å². The van der Waals surface area contributed by atoms with E-state index in [4.69, 9.17) is 4.42 Å². The number of rotatable bonds is 3. The molecule has 0 spiro atoms. The summed E-state index contributed by atoms with van der Waals surface area (Å²) in [5, 5.41) is 6.89. The van der Waals surface area contributed by atoms with E-state index in [1.165, 1.54) is 6.08 Å². The quantitative estimate of drug-likeness (QED) is 0.844. The molecule has 0 atom stereocenters. The molecule has 5 nitrogen and oxygen atoms in total. The molecule has 5 heteroatoms. The van der Waals surface area contributed by atoms with E-state index < -0.39 is 0 Å². The van der Waals surface area contributed by atoms with Crippen molar-refractivity contribution in [3.05, 3.63) is 41.5 Å². The molecule has 0 saturated heterocycles. The molecule has 0 aliphatic rings. The van der Waals surface area contributed by atoms with Gasteiger partial charge in [0.15, 0.2) is 0 Å². The number of amides is 1. The van der Waals surface area contributed by atoms with Gasteiger partial charge in [-0.1, -0.05) is 0 Å². The summed E-state index contributed by atoms with van der Waals surface area (Å²) in [7, 11) is 1.78. The molecule has 0 aliphatic heterocycles. The molecule has 0 saturated carbocycles. The van der Waals surface area contributed by atoms with Crippen LogP contribution in [0.3, 0.4) is 0 Å². The number of furan rings is 1. The van der Waals surface area contributed by atoms with E-state index in [1.54, 1.807) is 17.8 Å². The van der Waals surface area contributed by atoms with Crippen LogP contribution in [0.1, 0.15) is 17.2 Å². The molecular weight excluding hydrogens is 230 g/mol. The number of nitrogens with one attached hydrogen (secondary N) is 1. The zero-order valence-corrected chi connectivity index (χ0v) is 10.6. The minimum absolute atomic E-state index is 0.216. The highest BCUT2D eigenvalue weighted by Gasteiger charge is 2.04. The maximum absolute atomic E-state index is 11.7. The van der Waals surface area contributed by atoms with Crippen molar-refractivity contribution >= 4 is 17.8 Å². The van der Waals surface area contributed by atoms with Crippen molar-refractivity contribution in [3.8, 4) is 0 Å². The molecule has 2 rings (SSSR count). The first kappa shape index (κ1) is 12.2. The second-order valence-corrected chi connectivity index (χ2v) is 4.07. The minimum atomic E-state index is -0.216. The lowest BCUT2D eigenvalue weighted by atomic mass is 10.3. The fourth-order valence-electron chi connectivity index (χ4n) is 1.60. The van der Waals surface area contributed by atoms with Crippen molar-refractivity contribution < 1.29 is 9.21 Å². The number of aryl methyl sites for hydroxylation is 3. The normalized spacial score (nSPS) is 11.1. The Hall–Kier alpha value is -2.30. The predicted octanol–water partition coefficient (Wildman–Crippen LogP) is 2.28. The van der Waals surface area contributed by atoms with Crippen LogP contribution in [0.2, 0.25) is 0 Å². The van der Waals surface area contributed by atoms with Gasteiger partial charge in [0.05, 0.1) is 5.69 Å². The van der Waals surface area contributed by atoms with Gasteiger partial charge in [-0.15, -0.1) is 0 Å². The largest absolute Gasteiger partial charge is 0.462 e. The third-order valence-electron chi connectivity index (χ3n) is 2.41. The van der Waals surface area contributed by atoms with E-state index in [2.05, 4.69) is 10.4 Å². The van der Waals surface area contributed by atoms with E-state index >= 15 is 0 Å². The fraction of sp³-hybridized carbons (Fsp3) is 0.231. The monoisotopic (exact) mass is 245 g/mol. The van der Waals surface area contributed by atoms with E-state index in [-0.39, 0.29) is 5.91 Å². The Morgan fingerprint density at radius 3 is 2.78 bits per heavy atom. The van der Waals surface area contributed by atoms with Gasteiger partial charge >= 0.3 is 0 Å². The molecule has 2 aromatic heterocycles. The molecular formula is C13H15N3O2. The lowest BCUT2D eigenvalue weighted by Crippen LogP contribution is -2.11. The first-order valence-corrected chi connectivity index (χ1v) is 5.61. The maximum atomic E-state index is 11.7. The molecule has 0 aliphatic carbocycles. The second kappa shape index (κ2) is 4.91. The smallest absolute Gasteiger partial charge is 0.249 e. The minimum Gasteiger partial charge on any atom is -0.462 e. The van der Waals surface area contributed by atoms with Gasteiger partial charge in [0.1, 0.15) is 17.3 Å². The Labute approximate surface area is 105 Å². The van der Waals surface area contributed by atoms with Gasteiger partial charge in [0.25, 0.3) is 0 Å². The van der Waals surface area contributed by atoms with Gasteiger partial charge < -0.3 is 9.73 Å². The first-order chi connectivity index (χ1) is 8.54. The van der Waals surface area contributed by atoms with Gasteiger partial charge in [-0.2, -0.15) is 5.10 Å². The summed E-state index contributed by atoms with van der Waals surface area (Å²) in [4.78, 5) is 11.7. The molecule has 2 heterocycles. The molecule has 0 unspecified atom stereocenters. The van der Waals surface area contributed by atoms with Gasteiger partial charge in [0, 0.05) is 19.2 Å². The van der Waals surface area contributed by atoms with Gasteiger partial charge in [-0.25, -0.2) is 0 Å². The summed E-state index contributed by atoms with van der Waals surface area (Å²) in [6, 6.07) is 5.47. The van der Waals surface area contributed by atoms with Crippen LogP contribution in [0.5, 0.6) is 0 Å². The number of anilines is 1. The van der Waals surface area contributed by atoms with Crippen molar-refractivity contribution in [2.24, 2.45) is 7.05 Å². The predicted molar refractivity (Wildman–Crippen MR) is 69.1 cm³/mol. The molecule has 18 heavy (non-hydrogen) atoms. The lowest BCUT2D eigenvalue weighted by Gasteiger charge is -2.00. The summed E-state index contributed by atoms with van der Waals surface area (Å²) < 4.78 is 6.95.